The van der Waals surface area contributed by atoms with Gasteiger partial charge in [0.25, 0.3) is 0 Å². The topological polar surface area (TPSA) is 20.3 Å². The number of benzene rings is 2. The molecule has 2 aromatic carbocycles. The van der Waals surface area contributed by atoms with Gasteiger partial charge in [-0.25, -0.2) is 0 Å². The Bertz CT molecular complexity index is 712. The van der Waals surface area contributed by atoms with E-state index < -0.39 is 0 Å². The van der Waals surface area contributed by atoms with Crippen LogP contribution in [0.2, 0.25) is 5.02 Å². The highest BCUT2D eigenvalue weighted by atomic mass is 35.5. The maximum atomic E-state index is 12.5. The Morgan fingerprint density at radius 1 is 1.04 bits per heavy atom. The van der Waals surface area contributed by atoms with Gasteiger partial charge in [0, 0.05) is 12.0 Å². The third-order valence-electron chi connectivity index (χ3n) is 4.89. The van der Waals surface area contributed by atoms with E-state index in [-0.39, 0.29) is 30.6 Å². The average Bonchev–Trinajstić information content (AvgIpc) is 2.58. The highest BCUT2D eigenvalue weighted by Crippen LogP contribution is 2.22. The van der Waals surface area contributed by atoms with Gasteiger partial charge in [0.15, 0.2) is 5.78 Å². The lowest BCUT2D eigenvalue weighted by molar-refractivity contribution is 0.0993. The third kappa shape index (κ3) is 6.28. The largest absolute Gasteiger partial charge is 0.306 e. The fraction of sp³-hybridized carbons (Fsp3) is 0.381. The highest BCUT2D eigenvalue weighted by Gasteiger charge is 2.17. The van der Waals surface area contributed by atoms with Gasteiger partial charge in [0.1, 0.15) is 0 Å². The zero-order chi connectivity index (χ0) is 16.9. The SMILES string of the molecule is CN1CCC(Cc2cccc(CC(=O)c3ccccc3Cl)c2)CC1.Cl.Cl. The van der Waals surface area contributed by atoms with Crippen LogP contribution in [-0.4, -0.2) is 30.8 Å². The maximum absolute atomic E-state index is 12.5. The van der Waals surface area contributed by atoms with E-state index >= 15 is 0 Å². The minimum absolute atomic E-state index is 0. The van der Waals surface area contributed by atoms with E-state index in [0.29, 0.717) is 17.0 Å². The van der Waals surface area contributed by atoms with Gasteiger partial charge in [-0.15, -0.1) is 24.8 Å². The number of carbonyl (C=O) groups excluding carboxylic acids is 1. The number of rotatable bonds is 5. The van der Waals surface area contributed by atoms with Gasteiger partial charge in [-0.1, -0.05) is 48.0 Å². The Morgan fingerprint density at radius 2 is 1.69 bits per heavy atom. The summed E-state index contributed by atoms with van der Waals surface area (Å²) < 4.78 is 0. The number of hydrogen-bond acceptors (Lipinski definition) is 2. The van der Waals surface area contributed by atoms with Crippen molar-refractivity contribution in [2.75, 3.05) is 20.1 Å². The molecule has 1 heterocycles. The number of halogens is 3. The molecular formula is C21H26Cl3NO. The van der Waals surface area contributed by atoms with Crippen LogP contribution in [0.3, 0.4) is 0 Å². The standard InChI is InChI=1S/C21H24ClNO.2ClH/c1-23-11-9-16(10-12-23)13-17-5-4-6-18(14-17)15-21(24)19-7-2-3-8-20(19)22;;/h2-8,14,16H,9-13,15H2,1H3;2*1H. The van der Waals surface area contributed by atoms with Crippen molar-refractivity contribution in [2.45, 2.75) is 25.7 Å². The van der Waals surface area contributed by atoms with Crippen LogP contribution < -0.4 is 0 Å². The van der Waals surface area contributed by atoms with Gasteiger partial charge in [-0.2, -0.15) is 0 Å². The fourth-order valence-electron chi connectivity index (χ4n) is 3.43. The summed E-state index contributed by atoms with van der Waals surface area (Å²) in [5.74, 6) is 0.841. The van der Waals surface area contributed by atoms with Gasteiger partial charge in [0.05, 0.1) is 5.02 Å². The molecule has 0 atom stereocenters. The minimum atomic E-state index is 0. The summed E-state index contributed by atoms with van der Waals surface area (Å²) in [6.07, 6.45) is 4.05. The number of hydrogen-bond donors (Lipinski definition) is 0. The maximum Gasteiger partial charge on any atom is 0.168 e. The molecule has 1 aliphatic rings. The molecule has 0 amide bonds. The Balaban J connectivity index is 0.00000169. The van der Waals surface area contributed by atoms with E-state index in [1.54, 1.807) is 12.1 Å². The van der Waals surface area contributed by atoms with Gasteiger partial charge in [-0.05, 0) is 68.6 Å². The van der Waals surface area contributed by atoms with Crippen molar-refractivity contribution in [3.8, 4) is 0 Å². The molecule has 1 saturated heterocycles. The summed E-state index contributed by atoms with van der Waals surface area (Å²) >= 11 is 6.13. The first-order chi connectivity index (χ1) is 11.6. The van der Waals surface area contributed by atoms with Crippen molar-refractivity contribution >= 4 is 42.2 Å². The van der Waals surface area contributed by atoms with Gasteiger partial charge in [-0.3, -0.25) is 4.79 Å². The molecule has 0 aromatic heterocycles. The van der Waals surface area contributed by atoms with E-state index in [2.05, 4.69) is 30.1 Å². The smallest absolute Gasteiger partial charge is 0.168 e. The molecule has 5 heteroatoms. The van der Waals surface area contributed by atoms with E-state index in [4.69, 9.17) is 11.6 Å². The lowest BCUT2D eigenvalue weighted by Crippen LogP contribution is -2.30. The zero-order valence-corrected chi connectivity index (χ0v) is 17.4. The van der Waals surface area contributed by atoms with Gasteiger partial charge < -0.3 is 4.90 Å². The monoisotopic (exact) mass is 413 g/mol. The normalized spacial score (nSPS) is 15.0. The van der Waals surface area contributed by atoms with Crippen molar-refractivity contribution in [3.63, 3.8) is 0 Å². The van der Waals surface area contributed by atoms with Crippen LogP contribution in [0.4, 0.5) is 0 Å². The molecule has 0 spiro atoms. The fourth-order valence-corrected chi connectivity index (χ4v) is 3.68. The number of Topliss-reactive ketones (excluding diaryl/α,β-unsaturated/α-hetero) is 1. The minimum Gasteiger partial charge on any atom is -0.306 e. The quantitative estimate of drug-likeness (QED) is 0.603. The van der Waals surface area contributed by atoms with E-state index in [0.717, 1.165) is 17.9 Å². The molecule has 2 aromatic rings. The predicted molar refractivity (Wildman–Crippen MR) is 114 cm³/mol. The summed E-state index contributed by atoms with van der Waals surface area (Å²) in [4.78, 5) is 14.9. The molecule has 0 radical (unpaired) electrons. The Hall–Kier alpha value is -1.06. The molecule has 142 valence electrons. The molecule has 0 unspecified atom stereocenters. The average molecular weight is 415 g/mol. The van der Waals surface area contributed by atoms with E-state index in [1.807, 2.05) is 18.2 Å². The molecule has 2 nitrogen and oxygen atoms in total. The summed E-state index contributed by atoms with van der Waals surface area (Å²) in [5.41, 5.74) is 3.03. The van der Waals surface area contributed by atoms with Gasteiger partial charge >= 0.3 is 0 Å². The number of likely N-dealkylation sites (tertiary alicyclic amines) is 1. The van der Waals surface area contributed by atoms with E-state index in [9.17, 15) is 4.79 Å². The van der Waals surface area contributed by atoms with Crippen LogP contribution in [0.5, 0.6) is 0 Å². The van der Waals surface area contributed by atoms with Crippen LogP contribution in [0, 0.1) is 5.92 Å². The zero-order valence-electron chi connectivity index (χ0n) is 15.0. The van der Waals surface area contributed by atoms with Crippen LogP contribution in [0.1, 0.15) is 34.3 Å². The van der Waals surface area contributed by atoms with Crippen LogP contribution in [0.25, 0.3) is 0 Å². The second-order valence-electron chi connectivity index (χ2n) is 6.85. The lowest BCUT2D eigenvalue weighted by atomic mass is 9.89. The number of nitrogens with zero attached hydrogens (tertiary/aromatic N) is 1. The van der Waals surface area contributed by atoms with Crippen LogP contribution in [-0.2, 0) is 12.8 Å². The van der Waals surface area contributed by atoms with Crippen molar-refractivity contribution < 1.29 is 4.79 Å². The lowest BCUT2D eigenvalue weighted by Gasteiger charge is -2.29. The summed E-state index contributed by atoms with van der Waals surface area (Å²) in [6, 6.07) is 15.7. The van der Waals surface area contributed by atoms with E-state index in [1.165, 1.54) is 31.5 Å². The van der Waals surface area contributed by atoms with Crippen LogP contribution in [0.15, 0.2) is 48.5 Å². The summed E-state index contributed by atoms with van der Waals surface area (Å²) in [7, 11) is 2.19. The molecule has 0 aliphatic carbocycles. The molecule has 0 saturated carbocycles. The number of carbonyl (C=O) groups is 1. The molecule has 0 bridgehead atoms. The first-order valence-corrected chi connectivity index (χ1v) is 9.03. The second kappa shape index (κ2) is 10.9. The third-order valence-corrected chi connectivity index (χ3v) is 5.22. The second-order valence-corrected chi connectivity index (χ2v) is 7.26. The van der Waals surface area contributed by atoms with Gasteiger partial charge in [0.2, 0.25) is 0 Å². The van der Waals surface area contributed by atoms with Crippen molar-refractivity contribution in [1.82, 2.24) is 4.90 Å². The van der Waals surface area contributed by atoms with Crippen molar-refractivity contribution in [2.24, 2.45) is 5.92 Å². The molecule has 26 heavy (non-hydrogen) atoms. The Morgan fingerprint density at radius 3 is 2.38 bits per heavy atom. The number of piperidine rings is 1. The molecule has 0 N–H and O–H groups in total. The van der Waals surface area contributed by atoms with Crippen molar-refractivity contribution in [3.05, 3.63) is 70.2 Å². The molecule has 1 fully saturated rings. The Kier molecular flexibility index (Phi) is 9.67. The summed E-state index contributed by atoms with van der Waals surface area (Å²) in [6.45, 7) is 2.38. The molecule has 3 rings (SSSR count). The first kappa shape index (κ1) is 23.0. The van der Waals surface area contributed by atoms with Crippen LogP contribution >= 0.6 is 36.4 Å². The molecular weight excluding hydrogens is 389 g/mol. The molecule has 1 aliphatic heterocycles. The van der Waals surface area contributed by atoms with Crippen molar-refractivity contribution in [1.29, 1.82) is 0 Å². The number of ketones is 1. The predicted octanol–water partition coefficient (Wildman–Crippen LogP) is 5.49. The summed E-state index contributed by atoms with van der Waals surface area (Å²) in [5, 5.41) is 0.532. The highest BCUT2D eigenvalue weighted by molar-refractivity contribution is 6.34. The first-order valence-electron chi connectivity index (χ1n) is 8.66. The Labute approximate surface area is 173 Å².